The van der Waals surface area contributed by atoms with Gasteiger partial charge in [-0.25, -0.2) is 18.4 Å². The van der Waals surface area contributed by atoms with Crippen molar-refractivity contribution in [3.05, 3.63) is 120 Å². The predicted molar refractivity (Wildman–Crippen MR) is 190 cm³/mol. The SMILES string of the molecule is CC1(C)CCN(C(=O)N2CCC(c3cccnc3)C2)c2ccccc21.O=C(N1CCC(c2cccc(F)c2F)C1)N1CCOc2ccccc21. The fourth-order valence-electron chi connectivity index (χ4n) is 7.68. The molecule has 260 valence electrons. The molecule has 2 saturated heterocycles. The number of anilines is 2. The summed E-state index contributed by atoms with van der Waals surface area (Å²) >= 11 is 0. The van der Waals surface area contributed by atoms with E-state index in [4.69, 9.17) is 4.74 Å². The normalized spacial score (nSPS) is 20.7. The number of nitrogens with zero attached hydrogens (tertiary/aromatic N) is 5. The average Bonchev–Trinajstić information content (AvgIpc) is 3.84. The van der Waals surface area contributed by atoms with E-state index < -0.39 is 11.6 Å². The highest BCUT2D eigenvalue weighted by molar-refractivity contribution is 5.95. The van der Waals surface area contributed by atoms with Gasteiger partial charge in [0.2, 0.25) is 0 Å². The molecule has 1 aromatic heterocycles. The van der Waals surface area contributed by atoms with E-state index in [0.29, 0.717) is 49.9 Å². The molecule has 0 saturated carbocycles. The zero-order chi connectivity index (χ0) is 34.8. The maximum Gasteiger partial charge on any atom is 0.324 e. The van der Waals surface area contributed by atoms with Gasteiger partial charge in [0.25, 0.3) is 0 Å². The average molecular weight is 680 g/mol. The zero-order valence-electron chi connectivity index (χ0n) is 28.6. The van der Waals surface area contributed by atoms with Crippen molar-refractivity contribution in [3.8, 4) is 5.75 Å². The van der Waals surface area contributed by atoms with Crippen molar-refractivity contribution in [2.24, 2.45) is 0 Å². The molecule has 0 N–H and O–H groups in total. The van der Waals surface area contributed by atoms with E-state index in [-0.39, 0.29) is 23.4 Å². The molecule has 0 bridgehead atoms. The predicted octanol–water partition coefficient (Wildman–Crippen LogP) is 7.95. The highest BCUT2D eigenvalue weighted by Crippen LogP contribution is 2.40. The quantitative estimate of drug-likeness (QED) is 0.216. The molecule has 4 aliphatic heterocycles. The van der Waals surface area contributed by atoms with E-state index in [1.165, 1.54) is 17.2 Å². The van der Waals surface area contributed by atoms with Gasteiger partial charge in [-0.15, -0.1) is 0 Å². The van der Waals surface area contributed by atoms with Crippen molar-refractivity contribution in [2.75, 3.05) is 55.7 Å². The lowest BCUT2D eigenvalue weighted by Crippen LogP contribution is -2.47. The van der Waals surface area contributed by atoms with Crippen LogP contribution in [0.2, 0.25) is 0 Å². The number of fused-ring (bicyclic) bond motifs is 2. The highest BCUT2D eigenvalue weighted by atomic mass is 19.2. The summed E-state index contributed by atoms with van der Waals surface area (Å²) in [5, 5.41) is 0. The van der Waals surface area contributed by atoms with Crippen LogP contribution < -0.4 is 14.5 Å². The number of ether oxygens (including phenoxy) is 1. The van der Waals surface area contributed by atoms with Gasteiger partial charge in [-0.3, -0.25) is 14.8 Å². The summed E-state index contributed by atoms with van der Waals surface area (Å²) < 4.78 is 33.1. The number of pyridine rings is 1. The van der Waals surface area contributed by atoms with Gasteiger partial charge >= 0.3 is 12.1 Å². The summed E-state index contributed by atoms with van der Waals surface area (Å²) in [5.74, 6) is -0.748. The summed E-state index contributed by atoms with van der Waals surface area (Å²) in [5.41, 5.74) is 4.80. The summed E-state index contributed by atoms with van der Waals surface area (Å²) in [7, 11) is 0. The molecular weight excluding hydrogens is 636 g/mol. The summed E-state index contributed by atoms with van der Waals surface area (Å²) in [6.45, 7) is 8.76. The molecule has 3 aromatic carbocycles. The van der Waals surface area contributed by atoms with Crippen molar-refractivity contribution in [1.82, 2.24) is 14.8 Å². The Balaban J connectivity index is 0.000000157. The maximum atomic E-state index is 14.0. The largest absolute Gasteiger partial charge is 0.490 e. The summed E-state index contributed by atoms with van der Waals surface area (Å²) in [4.78, 5) is 37.7. The summed E-state index contributed by atoms with van der Waals surface area (Å²) in [6, 6.07) is 24.1. The molecule has 50 heavy (non-hydrogen) atoms. The van der Waals surface area contributed by atoms with Crippen LogP contribution in [0.1, 0.15) is 61.6 Å². The molecule has 2 atom stereocenters. The Kier molecular flexibility index (Phi) is 9.44. The minimum Gasteiger partial charge on any atom is -0.490 e. The smallest absolute Gasteiger partial charge is 0.324 e. The van der Waals surface area contributed by atoms with E-state index in [0.717, 1.165) is 49.9 Å². The molecular formula is C40H43F2N5O3. The first kappa shape index (κ1) is 33.5. The number of benzene rings is 3. The first-order valence-corrected chi connectivity index (χ1v) is 17.5. The van der Waals surface area contributed by atoms with Crippen LogP contribution in [0.25, 0.3) is 0 Å². The van der Waals surface area contributed by atoms with E-state index in [9.17, 15) is 18.4 Å². The van der Waals surface area contributed by atoms with E-state index in [1.54, 1.807) is 22.1 Å². The third-order valence-corrected chi connectivity index (χ3v) is 10.6. The van der Waals surface area contributed by atoms with E-state index >= 15 is 0 Å². The summed E-state index contributed by atoms with van der Waals surface area (Å²) in [6.07, 6.45) is 6.36. The van der Waals surface area contributed by atoms with Gasteiger partial charge in [-0.1, -0.05) is 62.4 Å². The maximum absolute atomic E-state index is 14.0. The Bertz CT molecular complexity index is 1850. The second-order valence-electron chi connectivity index (χ2n) is 14.1. The minimum absolute atomic E-state index is 0.116. The van der Waals surface area contributed by atoms with Crippen molar-refractivity contribution < 1.29 is 23.1 Å². The molecule has 4 aliphatic rings. The van der Waals surface area contributed by atoms with Crippen LogP contribution in [-0.2, 0) is 5.41 Å². The Labute approximate surface area is 292 Å². The first-order valence-electron chi connectivity index (χ1n) is 17.5. The van der Waals surface area contributed by atoms with Crippen LogP contribution >= 0.6 is 0 Å². The van der Waals surface area contributed by atoms with Gasteiger partial charge in [0, 0.05) is 62.6 Å². The van der Waals surface area contributed by atoms with Crippen LogP contribution in [-0.4, -0.2) is 72.7 Å². The van der Waals surface area contributed by atoms with Gasteiger partial charge < -0.3 is 14.5 Å². The number of amides is 4. The number of carbonyl (C=O) groups is 2. The Morgan fingerprint density at radius 1 is 0.760 bits per heavy atom. The molecule has 0 aliphatic carbocycles. The third-order valence-electron chi connectivity index (χ3n) is 10.6. The van der Waals surface area contributed by atoms with Gasteiger partial charge in [0.1, 0.15) is 12.4 Å². The lowest BCUT2D eigenvalue weighted by atomic mass is 9.78. The number of urea groups is 2. The fourth-order valence-corrected chi connectivity index (χ4v) is 7.68. The Morgan fingerprint density at radius 3 is 2.20 bits per heavy atom. The molecule has 8 nitrogen and oxygen atoms in total. The number of hydrogen-bond acceptors (Lipinski definition) is 4. The van der Waals surface area contributed by atoms with Crippen LogP contribution in [0.3, 0.4) is 0 Å². The Morgan fingerprint density at radius 2 is 1.44 bits per heavy atom. The third kappa shape index (κ3) is 6.63. The van der Waals surface area contributed by atoms with Crippen LogP contribution in [0.5, 0.6) is 5.75 Å². The monoisotopic (exact) mass is 679 g/mol. The van der Waals surface area contributed by atoms with Crippen molar-refractivity contribution in [3.63, 3.8) is 0 Å². The van der Waals surface area contributed by atoms with Gasteiger partial charge in [-0.05, 0) is 71.7 Å². The van der Waals surface area contributed by atoms with E-state index in [2.05, 4.69) is 43.1 Å². The number of carbonyl (C=O) groups excluding carboxylic acids is 2. The molecule has 8 rings (SSSR count). The molecule has 4 aromatic rings. The molecule has 2 fully saturated rings. The lowest BCUT2D eigenvalue weighted by molar-refractivity contribution is 0.209. The first-order chi connectivity index (χ1) is 24.2. The van der Waals surface area contributed by atoms with Crippen molar-refractivity contribution in [2.45, 2.75) is 50.4 Å². The number of aromatic nitrogens is 1. The van der Waals surface area contributed by atoms with Gasteiger partial charge in [-0.2, -0.15) is 0 Å². The lowest BCUT2D eigenvalue weighted by Gasteiger charge is -2.40. The number of hydrogen-bond donors (Lipinski definition) is 0. The second kappa shape index (κ2) is 14.1. The molecule has 0 spiro atoms. The molecule has 0 radical (unpaired) electrons. The van der Waals surface area contributed by atoms with Crippen LogP contribution in [0.15, 0.2) is 91.3 Å². The van der Waals surface area contributed by atoms with Crippen molar-refractivity contribution >= 4 is 23.4 Å². The highest BCUT2D eigenvalue weighted by Gasteiger charge is 2.37. The zero-order valence-corrected chi connectivity index (χ0v) is 28.6. The van der Waals surface area contributed by atoms with Gasteiger partial charge in [0.05, 0.1) is 12.2 Å². The van der Waals surface area contributed by atoms with Gasteiger partial charge in [0.15, 0.2) is 11.6 Å². The second-order valence-corrected chi connectivity index (χ2v) is 14.1. The van der Waals surface area contributed by atoms with Crippen molar-refractivity contribution in [1.29, 1.82) is 0 Å². The Hall–Kier alpha value is -4.99. The van der Waals surface area contributed by atoms with E-state index in [1.807, 2.05) is 52.4 Å². The molecule has 5 heterocycles. The number of likely N-dealkylation sites (tertiary alicyclic amines) is 2. The number of rotatable bonds is 2. The molecule has 4 amide bonds. The standard InChI is InChI=1S/C21H25N3O.C19H18F2N2O2/c1-21(2)10-13-24(19-8-4-3-7-18(19)21)20(25)23-12-9-17(15-23)16-6-5-11-22-14-16;20-15-5-3-4-14(18(15)21)13-8-9-22(12-13)19(24)23-10-11-25-17-7-2-1-6-16(17)23/h3-8,11,14,17H,9-10,12-13,15H2,1-2H3;1-7,13H,8-12H2. The van der Waals surface area contributed by atoms with Crippen LogP contribution in [0, 0.1) is 11.6 Å². The minimum atomic E-state index is -0.843. The topological polar surface area (TPSA) is 69.2 Å². The molecule has 2 unspecified atom stereocenters. The van der Waals surface area contributed by atoms with Crippen LogP contribution in [0.4, 0.5) is 29.7 Å². The molecule has 10 heteroatoms. The fraction of sp³-hybridized carbons (Fsp3) is 0.375. The number of para-hydroxylation sites is 3. The number of halogens is 2.